The van der Waals surface area contributed by atoms with E-state index in [0.29, 0.717) is 18.9 Å². The minimum Gasteiger partial charge on any atom is -0.466 e. The highest BCUT2D eigenvalue weighted by Gasteiger charge is 2.36. The molecule has 1 aliphatic rings. The van der Waals surface area contributed by atoms with Gasteiger partial charge in [-0.05, 0) is 67.0 Å². The SMILES string of the molecule is CCOC(=O)C(C)C1CCN(c2ccc(C(C)C)cc2)C(c2ccc(C(F)(F)F)cc2)C1. The highest BCUT2D eigenvalue weighted by Crippen LogP contribution is 2.41. The first kappa shape index (κ1) is 24.1. The molecular formula is C26H32F3NO2. The average molecular weight is 448 g/mol. The molecule has 6 heteroatoms. The maximum absolute atomic E-state index is 13.1. The molecule has 0 amide bonds. The number of ether oxygens (including phenoxy) is 1. The van der Waals surface area contributed by atoms with E-state index in [1.54, 1.807) is 19.1 Å². The quantitative estimate of drug-likeness (QED) is 0.447. The summed E-state index contributed by atoms with van der Waals surface area (Å²) in [5.41, 5.74) is 2.46. The average Bonchev–Trinajstić information content (AvgIpc) is 2.78. The van der Waals surface area contributed by atoms with Crippen LogP contribution in [-0.2, 0) is 15.7 Å². The lowest BCUT2D eigenvalue weighted by atomic mass is 9.79. The summed E-state index contributed by atoms with van der Waals surface area (Å²) in [6.45, 7) is 9.02. The molecule has 174 valence electrons. The Labute approximate surface area is 188 Å². The number of carbonyl (C=O) groups is 1. The fourth-order valence-corrected chi connectivity index (χ4v) is 4.48. The predicted octanol–water partition coefficient (Wildman–Crippen LogP) is 6.99. The van der Waals surface area contributed by atoms with Gasteiger partial charge >= 0.3 is 12.1 Å². The van der Waals surface area contributed by atoms with E-state index in [0.717, 1.165) is 36.3 Å². The molecule has 3 unspecified atom stereocenters. The summed E-state index contributed by atoms with van der Waals surface area (Å²) < 4.78 is 44.4. The lowest BCUT2D eigenvalue weighted by molar-refractivity contribution is -0.149. The number of hydrogen-bond acceptors (Lipinski definition) is 3. The highest BCUT2D eigenvalue weighted by atomic mass is 19.4. The van der Waals surface area contributed by atoms with Crippen LogP contribution in [0.5, 0.6) is 0 Å². The van der Waals surface area contributed by atoms with E-state index < -0.39 is 11.7 Å². The summed E-state index contributed by atoms with van der Waals surface area (Å²) in [4.78, 5) is 14.6. The van der Waals surface area contributed by atoms with Gasteiger partial charge in [0.25, 0.3) is 0 Å². The summed E-state index contributed by atoms with van der Waals surface area (Å²) in [5, 5.41) is 0. The third kappa shape index (κ3) is 5.45. The first-order valence-electron chi connectivity index (χ1n) is 11.3. The van der Waals surface area contributed by atoms with Crippen LogP contribution in [0.3, 0.4) is 0 Å². The third-order valence-electron chi connectivity index (χ3n) is 6.52. The fourth-order valence-electron chi connectivity index (χ4n) is 4.48. The van der Waals surface area contributed by atoms with Crippen LogP contribution in [-0.4, -0.2) is 19.1 Å². The van der Waals surface area contributed by atoms with Gasteiger partial charge in [-0.2, -0.15) is 13.2 Å². The number of esters is 1. The van der Waals surface area contributed by atoms with E-state index in [1.807, 2.05) is 6.92 Å². The van der Waals surface area contributed by atoms with Crippen LogP contribution in [0.4, 0.5) is 18.9 Å². The Bertz CT molecular complexity index is 891. The molecule has 0 spiro atoms. The van der Waals surface area contributed by atoms with Crippen LogP contribution in [0.15, 0.2) is 48.5 Å². The van der Waals surface area contributed by atoms with E-state index in [-0.39, 0.29) is 23.8 Å². The first-order valence-corrected chi connectivity index (χ1v) is 11.3. The second kappa shape index (κ2) is 9.97. The van der Waals surface area contributed by atoms with Gasteiger partial charge < -0.3 is 9.64 Å². The van der Waals surface area contributed by atoms with Crippen molar-refractivity contribution in [3.8, 4) is 0 Å². The van der Waals surface area contributed by atoms with Crippen molar-refractivity contribution in [2.24, 2.45) is 11.8 Å². The molecule has 3 rings (SSSR count). The number of halogens is 3. The molecular weight excluding hydrogens is 415 g/mol. The first-order chi connectivity index (χ1) is 15.1. The molecule has 0 N–H and O–H groups in total. The summed E-state index contributed by atoms with van der Waals surface area (Å²) in [6.07, 6.45) is -2.86. The maximum atomic E-state index is 13.1. The van der Waals surface area contributed by atoms with Gasteiger partial charge in [0.05, 0.1) is 24.1 Å². The normalized spacial score (nSPS) is 20.3. The van der Waals surface area contributed by atoms with E-state index >= 15 is 0 Å². The van der Waals surface area contributed by atoms with Crippen molar-refractivity contribution >= 4 is 11.7 Å². The molecule has 1 fully saturated rings. The topological polar surface area (TPSA) is 29.5 Å². The number of piperidine rings is 1. The maximum Gasteiger partial charge on any atom is 0.416 e. The Morgan fingerprint density at radius 1 is 1.06 bits per heavy atom. The molecule has 0 bridgehead atoms. The Balaban J connectivity index is 1.91. The minimum atomic E-state index is -4.36. The number of benzene rings is 2. The van der Waals surface area contributed by atoms with Crippen molar-refractivity contribution < 1.29 is 22.7 Å². The summed E-state index contributed by atoms with van der Waals surface area (Å²) in [6, 6.07) is 13.7. The zero-order valence-electron chi connectivity index (χ0n) is 19.2. The number of alkyl halides is 3. The van der Waals surface area contributed by atoms with Crippen molar-refractivity contribution in [2.45, 2.75) is 58.7 Å². The minimum absolute atomic E-state index is 0.104. The Morgan fingerprint density at radius 3 is 2.22 bits per heavy atom. The van der Waals surface area contributed by atoms with Crippen LogP contribution in [0.2, 0.25) is 0 Å². The van der Waals surface area contributed by atoms with E-state index in [9.17, 15) is 18.0 Å². The van der Waals surface area contributed by atoms with Crippen molar-refractivity contribution in [1.29, 1.82) is 0 Å². The summed E-state index contributed by atoms with van der Waals surface area (Å²) >= 11 is 0. The van der Waals surface area contributed by atoms with E-state index in [1.165, 1.54) is 5.56 Å². The van der Waals surface area contributed by atoms with Gasteiger partial charge in [0, 0.05) is 12.2 Å². The van der Waals surface area contributed by atoms with Crippen LogP contribution in [0.1, 0.15) is 69.2 Å². The molecule has 32 heavy (non-hydrogen) atoms. The Kier molecular flexibility index (Phi) is 7.52. The number of hydrogen-bond donors (Lipinski definition) is 0. The standard InChI is InChI=1S/C26H32F3NO2/c1-5-32-25(31)18(4)21-14-15-30(23-12-8-19(9-13-23)17(2)3)24(16-21)20-6-10-22(11-7-20)26(27,28)29/h6-13,17-18,21,24H,5,14-16H2,1-4H3. The smallest absolute Gasteiger partial charge is 0.416 e. The second-order valence-corrected chi connectivity index (χ2v) is 8.90. The molecule has 3 nitrogen and oxygen atoms in total. The molecule has 3 atom stereocenters. The fraction of sp³-hybridized carbons (Fsp3) is 0.500. The number of carbonyl (C=O) groups excluding carboxylic acids is 1. The number of rotatable bonds is 6. The zero-order chi connectivity index (χ0) is 23.5. The van der Waals surface area contributed by atoms with Crippen LogP contribution < -0.4 is 4.90 Å². The number of nitrogens with zero attached hydrogens (tertiary/aromatic N) is 1. The Hall–Kier alpha value is -2.50. The van der Waals surface area contributed by atoms with Gasteiger partial charge in [0.2, 0.25) is 0 Å². The van der Waals surface area contributed by atoms with Crippen LogP contribution >= 0.6 is 0 Å². The summed E-state index contributed by atoms with van der Waals surface area (Å²) in [7, 11) is 0. The van der Waals surface area contributed by atoms with Gasteiger partial charge in [-0.3, -0.25) is 4.79 Å². The molecule has 0 aromatic heterocycles. The molecule has 1 heterocycles. The molecule has 2 aromatic carbocycles. The predicted molar refractivity (Wildman–Crippen MR) is 121 cm³/mol. The molecule has 2 aromatic rings. The highest BCUT2D eigenvalue weighted by molar-refractivity contribution is 5.72. The molecule has 0 aliphatic carbocycles. The molecule has 0 saturated carbocycles. The molecule has 1 aliphatic heterocycles. The lowest BCUT2D eigenvalue weighted by Gasteiger charge is -2.43. The largest absolute Gasteiger partial charge is 0.466 e. The van der Waals surface area contributed by atoms with Gasteiger partial charge in [-0.25, -0.2) is 0 Å². The second-order valence-electron chi connectivity index (χ2n) is 8.90. The van der Waals surface area contributed by atoms with E-state index in [2.05, 4.69) is 43.0 Å². The van der Waals surface area contributed by atoms with Crippen LogP contribution in [0, 0.1) is 11.8 Å². The van der Waals surface area contributed by atoms with Gasteiger partial charge in [-0.1, -0.05) is 45.0 Å². The molecule has 1 saturated heterocycles. The Morgan fingerprint density at radius 2 is 1.69 bits per heavy atom. The van der Waals surface area contributed by atoms with Gasteiger partial charge in [0.1, 0.15) is 0 Å². The van der Waals surface area contributed by atoms with Crippen molar-refractivity contribution in [1.82, 2.24) is 0 Å². The van der Waals surface area contributed by atoms with Gasteiger partial charge in [-0.15, -0.1) is 0 Å². The van der Waals surface area contributed by atoms with Crippen molar-refractivity contribution in [2.75, 3.05) is 18.1 Å². The zero-order valence-corrected chi connectivity index (χ0v) is 19.2. The van der Waals surface area contributed by atoms with Crippen LogP contribution in [0.25, 0.3) is 0 Å². The molecule has 0 radical (unpaired) electrons. The third-order valence-corrected chi connectivity index (χ3v) is 6.52. The summed E-state index contributed by atoms with van der Waals surface area (Å²) in [5.74, 6) is 0.0641. The number of anilines is 1. The lowest BCUT2D eigenvalue weighted by Crippen LogP contribution is -2.40. The van der Waals surface area contributed by atoms with Crippen molar-refractivity contribution in [3.63, 3.8) is 0 Å². The van der Waals surface area contributed by atoms with Gasteiger partial charge in [0.15, 0.2) is 0 Å². The van der Waals surface area contributed by atoms with Crippen molar-refractivity contribution in [3.05, 3.63) is 65.2 Å². The monoisotopic (exact) mass is 447 g/mol. The van der Waals surface area contributed by atoms with E-state index in [4.69, 9.17) is 4.74 Å².